The Morgan fingerprint density at radius 1 is 1.59 bits per heavy atom. The molecule has 17 heavy (non-hydrogen) atoms. The summed E-state index contributed by atoms with van der Waals surface area (Å²) < 4.78 is 0. The van der Waals surface area contributed by atoms with Gasteiger partial charge in [-0.2, -0.15) is 5.26 Å². The van der Waals surface area contributed by atoms with Gasteiger partial charge >= 0.3 is 0 Å². The molecule has 1 atom stereocenters. The molecule has 1 unspecified atom stereocenters. The molecule has 2 rings (SSSR count). The highest BCUT2D eigenvalue weighted by molar-refractivity contribution is 5.78. The number of rotatable bonds is 2. The first-order valence-corrected chi connectivity index (χ1v) is 5.52. The van der Waals surface area contributed by atoms with Gasteiger partial charge in [0.15, 0.2) is 0 Å². The number of carbonyl (C=O) groups excluding carboxylic acids is 1. The van der Waals surface area contributed by atoms with Crippen LogP contribution in [0.4, 0.5) is 5.69 Å². The first kappa shape index (κ1) is 11.6. The number of carbonyl (C=O) groups is 1. The van der Waals surface area contributed by atoms with Crippen molar-refractivity contribution in [2.24, 2.45) is 0 Å². The van der Waals surface area contributed by atoms with E-state index in [1.54, 1.807) is 25.1 Å². The van der Waals surface area contributed by atoms with Crippen molar-refractivity contribution in [3.63, 3.8) is 0 Å². The smallest absolute Gasteiger partial charge is 0.150 e. The normalized spacial score (nSPS) is 23.5. The lowest BCUT2D eigenvalue weighted by Gasteiger charge is -2.21. The maximum Gasteiger partial charge on any atom is 0.150 e. The molecule has 0 radical (unpaired) electrons. The second kappa shape index (κ2) is 4.19. The number of aldehydes is 1. The molecule has 1 saturated heterocycles. The van der Waals surface area contributed by atoms with E-state index in [0.717, 1.165) is 18.5 Å². The Labute approximate surface area is 100 Å². The zero-order valence-corrected chi connectivity index (χ0v) is 9.68. The maximum absolute atomic E-state index is 10.6. The third-order valence-corrected chi connectivity index (χ3v) is 3.07. The summed E-state index contributed by atoms with van der Waals surface area (Å²) >= 11 is 0. The van der Waals surface area contributed by atoms with E-state index >= 15 is 0 Å². The molecule has 1 N–H and O–H groups in total. The Balaban J connectivity index is 2.34. The average molecular weight is 230 g/mol. The largest absolute Gasteiger partial charge is 0.388 e. The highest BCUT2D eigenvalue weighted by atomic mass is 16.3. The van der Waals surface area contributed by atoms with Crippen LogP contribution in [0.1, 0.15) is 29.3 Å². The number of benzene rings is 1. The Morgan fingerprint density at radius 3 is 2.88 bits per heavy atom. The summed E-state index contributed by atoms with van der Waals surface area (Å²) in [4.78, 5) is 12.6. The highest BCUT2D eigenvalue weighted by Crippen LogP contribution is 2.29. The standard InChI is InChI=1S/C13H14N2O2/c1-13(17)4-5-15(9-13)12-3-2-10(8-16)6-11(12)7-14/h2-3,6,8,17H,4-5,9H2,1H3. The summed E-state index contributed by atoms with van der Waals surface area (Å²) in [7, 11) is 0. The van der Waals surface area contributed by atoms with Crippen LogP contribution < -0.4 is 4.90 Å². The van der Waals surface area contributed by atoms with Gasteiger partial charge in [-0.3, -0.25) is 4.79 Å². The first-order chi connectivity index (χ1) is 8.05. The monoisotopic (exact) mass is 230 g/mol. The van der Waals surface area contributed by atoms with Crippen molar-refractivity contribution in [1.29, 1.82) is 5.26 Å². The number of hydrogen-bond donors (Lipinski definition) is 1. The Kier molecular flexibility index (Phi) is 2.86. The molecule has 1 aliphatic heterocycles. The molecule has 0 saturated carbocycles. The Morgan fingerprint density at radius 2 is 2.35 bits per heavy atom. The summed E-state index contributed by atoms with van der Waals surface area (Å²) in [6, 6.07) is 7.13. The van der Waals surface area contributed by atoms with Gasteiger partial charge in [0, 0.05) is 18.7 Å². The molecule has 0 amide bonds. The van der Waals surface area contributed by atoms with Crippen LogP contribution in [0.5, 0.6) is 0 Å². The first-order valence-electron chi connectivity index (χ1n) is 5.52. The van der Waals surface area contributed by atoms with Gasteiger partial charge in [-0.1, -0.05) is 0 Å². The van der Waals surface area contributed by atoms with Gasteiger partial charge in [-0.25, -0.2) is 0 Å². The van der Waals surface area contributed by atoms with Gasteiger partial charge in [0.25, 0.3) is 0 Å². The van der Waals surface area contributed by atoms with Crippen LogP contribution in [0.3, 0.4) is 0 Å². The second-order valence-electron chi connectivity index (χ2n) is 4.67. The van der Waals surface area contributed by atoms with Crippen molar-refractivity contribution in [1.82, 2.24) is 0 Å². The van der Waals surface area contributed by atoms with Gasteiger partial charge < -0.3 is 10.0 Å². The number of anilines is 1. The molecule has 0 aliphatic carbocycles. The van der Waals surface area contributed by atoms with Crippen molar-refractivity contribution in [3.8, 4) is 6.07 Å². The number of aliphatic hydroxyl groups is 1. The summed E-state index contributed by atoms with van der Waals surface area (Å²) in [6.45, 7) is 3.03. The molecule has 0 bridgehead atoms. The molecule has 1 aliphatic rings. The molecule has 0 aromatic heterocycles. The molecule has 1 heterocycles. The lowest BCUT2D eigenvalue weighted by atomic mass is 10.1. The predicted molar refractivity (Wildman–Crippen MR) is 64.0 cm³/mol. The number of hydrogen-bond acceptors (Lipinski definition) is 4. The summed E-state index contributed by atoms with van der Waals surface area (Å²) in [5.41, 5.74) is 1.07. The van der Waals surface area contributed by atoms with Crippen molar-refractivity contribution >= 4 is 12.0 Å². The summed E-state index contributed by atoms with van der Waals surface area (Å²) in [5, 5.41) is 19.0. The fourth-order valence-electron chi connectivity index (χ4n) is 2.14. The van der Waals surface area contributed by atoms with Crippen LogP contribution >= 0.6 is 0 Å². The zero-order valence-electron chi connectivity index (χ0n) is 9.68. The molecular weight excluding hydrogens is 216 g/mol. The van der Waals surface area contributed by atoms with Crippen LogP contribution in [-0.2, 0) is 0 Å². The molecule has 1 fully saturated rings. The van der Waals surface area contributed by atoms with E-state index in [9.17, 15) is 9.90 Å². The lowest BCUT2D eigenvalue weighted by Crippen LogP contribution is -2.29. The van der Waals surface area contributed by atoms with Gasteiger partial charge in [-0.05, 0) is 31.5 Å². The van der Waals surface area contributed by atoms with Gasteiger partial charge in [-0.15, -0.1) is 0 Å². The van der Waals surface area contributed by atoms with Gasteiger partial charge in [0.05, 0.1) is 16.9 Å². The maximum atomic E-state index is 10.6. The lowest BCUT2D eigenvalue weighted by molar-refractivity contribution is 0.0839. The van der Waals surface area contributed by atoms with E-state index in [1.807, 2.05) is 4.90 Å². The summed E-state index contributed by atoms with van der Waals surface area (Å²) in [6.07, 6.45) is 1.41. The number of nitrogens with zero attached hydrogens (tertiary/aromatic N) is 2. The van der Waals surface area contributed by atoms with Crippen LogP contribution in [-0.4, -0.2) is 30.1 Å². The quantitative estimate of drug-likeness (QED) is 0.778. The van der Waals surface area contributed by atoms with E-state index in [-0.39, 0.29) is 0 Å². The molecule has 4 nitrogen and oxygen atoms in total. The highest BCUT2D eigenvalue weighted by Gasteiger charge is 2.32. The molecule has 0 spiro atoms. The van der Waals surface area contributed by atoms with Crippen LogP contribution in [0, 0.1) is 11.3 Å². The van der Waals surface area contributed by atoms with Crippen molar-refractivity contribution in [3.05, 3.63) is 29.3 Å². The fourth-order valence-corrected chi connectivity index (χ4v) is 2.14. The minimum Gasteiger partial charge on any atom is -0.388 e. The number of nitriles is 1. The molecule has 1 aromatic rings. The third kappa shape index (κ3) is 2.29. The van der Waals surface area contributed by atoms with Gasteiger partial charge in [0.2, 0.25) is 0 Å². The number of β-amino-alcohol motifs (C(OH)–C–C–N with tert-alkyl or cyclic N) is 1. The summed E-state index contributed by atoms with van der Waals surface area (Å²) in [5.74, 6) is 0. The Bertz CT molecular complexity index is 489. The molecule has 4 heteroatoms. The third-order valence-electron chi connectivity index (χ3n) is 3.07. The fraction of sp³-hybridized carbons (Fsp3) is 0.385. The molecular formula is C13H14N2O2. The predicted octanol–water partition coefficient (Wildman–Crippen LogP) is 1.33. The van der Waals surface area contributed by atoms with Crippen LogP contribution in [0.25, 0.3) is 0 Å². The molecule has 1 aromatic carbocycles. The van der Waals surface area contributed by atoms with E-state index in [1.165, 1.54) is 0 Å². The average Bonchev–Trinajstić information content (AvgIpc) is 2.68. The van der Waals surface area contributed by atoms with E-state index in [0.29, 0.717) is 24.1 Å². The van der Waals surface area contributed by atoms with Crippen LogP contribution in [0.15, 0.2) is 18.2 Å². The van der Waals surface area contributed by atoms with E-state index < -0.39 is 5.60 Å². The SMILES string of the molecule is CC1(O)CCN(c2ccc(C=O)cc2C#N)C1. The van der Waals surface area contributed by atoms with Crippen LogP contribution in [0.2, 0.25) is 0 Å². The van der Waals surface area contributed by atoms with Crippen molar-refractivity contribution in [2.75, 3.05) is 18.0 Å². The second-order valence-corrected chi connectivity index (χ2v) is 4.67. The molecule has 88 valence electrons. The van der Waals surface area contributed by atoms with Gasteiger partial charge in [0.1, 0.15) is 12.4 Å². The Hall–Kier alpha value is -1.86. The van der Waals surface area contributed by atoms with E-state index in [2.05, 4.69) is 6.07 Å². The minimum absolute atomic E-state index is 0.479. The van der Waals surface area contributed by atoms with Crippen molar-refractivity contribution < 1.29 is 9.90 Å². The minimum atomic E-state index is -0.698. The topological polar surface area (TPSA) is 64.3 Å². The zero-order chi connectivity index (χ0) is 12.5. The van der Waals surface area contributed by atoms with E-state index in [4.69, 9.17) is 5.26 Å². The van der Waals surface area contributed by atoms with Crippen molar-refractivity contribution in [2.45, 2.75) is 18.9 Å².